The maximum Gasteiger partial charge on any atom is 0.270 e. The zero-order valence-corrected chi connectivity index (χ0v) is 9.57. The monoisotopic (exact) mass is 232 g/mol. The number of nitrogens with zero attached hydrogens (tertiary/aromatic N) is 1. The minimum Gasteiger partial charge on any atom is -0.349 e. The van der Waals surface area contributed by atoms with Crippen LogP contribution in [-0.4, -0.2) is 22.8 Å². The van der Waals surface area contributed by atoms with Crippen LogP contribution in [0.15, 0.2) is 10.9 Å². The summed E-state index contributed by atoms with van der Waals surface area (Å²) in [5, 5.41) is 4.48. The molecule has 3 nitrogen and oxygen atoms in total. The second kappa shape index (κ2) is 5.98. The van der Waals surface area contributed by atoms with Crippen molar-refractivity contribution in [1.82, 2.24) is 10.3 Å². The van der Waals surface area contributed by atoms with Crippen molar-refractivity contribution < 1.29 is 4.79 Å². The first-order valence-electron chi connectivity index (χ1n) is 4.54. The van der Waals surface area contributed by atoms with Crippen molar-refractivity contribution in [3.63, 3.8) is 0 Å². The van der Waals surface area contributed by atoms with Crippen molar-refractivity contribution in [2.24, 2.45) is 0 Å². The molecule has 5 heteroatoms. The summed E-state index contributed by atoms with van der Waals surface area (Å²) >= 11 is 7.36. The Labute approximate surface area is 92.5 Å². The van der Waals surface area contributed by atoms with E-state index in [-0.39, 0.29) is 11.3 Å². The molecule has 1 N–H and O–H groups in total. The fourth-order valence-corrected chi connectivity index (χ4v) is 1.86. The Morgan fingerprint density at radius 3 is 3.14 bits per heavy atom. The molecule has 0 aliphatic rings. The highest BCUT2D eigenvalue weighted by Crippen LogP contribution is 2.04. The Bertz CT molecular complexity index is 276. The Morgan fingerprint density at radius 1 is 1.79 bits per heavy atom. The zero-order chi connectivity index (χ0) is 10.4. The van der Waals surface area contributed by atoms with Gasteiger partial charge in [-0.2, -0.15) is 0 Å². The van der Waals surface area contributed by atoms with Crippen LogP contribution in [0.25, 0.3) is 0 Å². The highest BCUT2D eigenvalue weighted by Gasteiger charge is 2.09. The van der Waals surface area contributed by atoms with Gasteiger partial charge < -0.3 is 5.32 Å². The van der Waals surface area contributed by atoms with Crippen molar-refractivity contribution >= 4 is 28.8 Å². The third-order valence-corrected chi connectivity index (χ3v) is 2.71. The second-order valence-electron chi connectivity index (χ2n) is 2.97. The molecule has 1 aromatic heterocycles. The van der Waals surface area contributed by atoms with E-state index in [1.54, 1.807) is 10.9 Å². The first-order valence-corrected chi connectivity index (χ1v) is 5.92. The predicted molar refractivity (Wildman–Crippen MR) is 59.0 cm³/mol. The highest BCUT2D eigenvalue weighted by atomic mass is 35.5. The number of aromatic nitrogens is 1. The third kappa shape index (κ3) is 3.64. The summed E-state index contributed by atoms with van der Waals surface area (Å²) < 4.78 is 0. The van der Waals surface area contributed by atoms with E-state index in [2.05, 4.69) is 17.2 Å². The molecular formula is C9H13ClN2OS. The maximum absolute atomic E-state index is 11.4. The van der Waals surface area contributed by atoms with E-state index in [0.29, 0.717) is 12.2 Å². The molecule has 1 unspecified atom stereocenters. The average Bonchev–Trinajstić information content (AvgIpc) is 2.67. The lowest BCUT2D eigenvalue weighted by Crippen LogP contribution is -2.29. The van der Waals surface area contributed by atoms with Crippen LogP contribution in [0, 0.1) is 0 Å². The minimum atomic E-state index is -0.145. The Morgan fingerprint density at radius 2 is 2.57 bits per heavy atom. The van der Waals surface area contributed by atoms with Crippen LogP contribution in [0.4, 0.5) is 0 Å². The normalized spacial score (nSPS) is 12.4. The predicted octanol–water partition coefficient (Wildman–Crippen LogP) is 2.28. The summed E-state index contributed by atoms with van der Waals surface area (Å²) in [6.07, 6.45) is 1.94. The Balaban J connectivity index is 2.28. The topological polar surface area (TPSA) is 42.0 Å². The van der Waals surface area contributed by atoms with Crippen LogP contribution in [-0.2, 0) is 0 Å². The molecule has 14 heavy (non-hydrogen) atoms. The molecule has 1 atom stereocenters. The average molecular weight is 233 g/mol. The second-order valence-corrected chi connectivity index (χ2v) is 4.31. The number of halogens is 1. The lowest BCUT2D eigenvalue weighted by atomic mass is 10.2. The van der Waals surface area contributed by atoms with Crippen LogP contribution in [0.3, 0.4) is 0 Å². The van der Waals surface area contributed by atoms with E-state index in [0.717, 1.165) is 12.8 Å². The first-order chi connectivity index (χ1) is 6.74. The quantitative estimate of drug-likeness (QED) is 0.792. The van der Waals surface area contributed by atoms with Gasteiger partial charge in [0.15, 0.2) is 0 Å². The third-order valence-electron chi connectivity index (χ3n) is 1.75. The molecule has 0 spiro atoms. The molecule has 0 aliphatic carbocycles. The molecule has 0 aromatic carbocycles. The van der Waals surface area contributed by atoms with Gasteiger partial charge in [-0.25, -0.2) is 4.98 Å². The molecule has 78 valence electrons. The lowest BCUT2D eigenvalue weighted by molar-refractivity contribution is 0.0949. The minimum absolute atomic E-state index is 0.0163. The van der Waals surface area contributed by atoms with Crippen molar-refractivity contribution in [3.05, 3.63) is 16.6 Å². The summed E-state index contributed by atoms with van der Waals surface area (Å²) in [6, 6.07) is 0. The standard InChI is InChI=1S/C9H13ClN2OS/c1-2-3-7(10)4-11-9(13)8-5-14-6-12-8/h5-7H,2-4H2,1H3,(H,11,13). The molecule has 0 saturated heterocycles. The summed E-state index contributed by atoms with van der Waals surface area (Å²) in [5.41, 5.74) is 2.11. The molecule has 0 aliphatic heterocycles. The first kappa shape index (κ1) is 11.5. The van der Waals surface area contributed by atoms with Crippen LogP contribution in [0.1, 0.15) is 30.3 Å². The summed E-state index contributed by atoms with van der Waals surface area (Å²) in [6.45, 7) is 2.57. The number of nitrogens with one attached hydrogen (secondary N) is 1. The van der Waals surface area contributed by atoms with Gasteiger partial charge in [0.2, 0.25) is 0 Å². The molecule has 0 fully saturated rings. The van der Waals surface area contributed by atoms with E-state index in [4.69, 9.17) is 11.6 Å². The molecule has 1 heterocycles. The van der Waals surface area contributed by atoms with E-state index in [1.165, 1.54) is 11.3 Å². The van der Waals surface area contributed by atoms with E-state index in [9.17, 15) is 4.79 Å². The number of amides is 1. The van der Waals surface area contributed by atoms with Gasteiger partial charge in [0.1, 0.15) is 5.69 Å². The van der Waals surface area contributed by atoms with Crippen molar-refractivity contribution in [1.29, 1.82) is 0 Å². The molecular weight excluding hydrogens is 220 g/mol. The number of thiazole rings is 1. The van der Waals surface area contributed by atoms with Gasteiger partial charge in [0, 0.05) is 11.9 Å². The molecule has 1 amide bonds. The van der Waals surface area contributed by atoms with Crippen molar-refractivity contribution in [2.45, 2.75) is 25.1 Å². The van der Waals surface area contributed by atoms with Gasteiger partial charge in [-0.1, -0.05) is 13.3 Å². The van der Waals surface area contributed by atoms with E-state index in [1.807, 2.05) is 0 Å². The van der Waals surface area contributed by atoms with Gasteiger partial charge >= 0.3 is 0 Å². The SMILES string of the molecule is CCCC(Cl)CNC(=O)c1cscn1. The van der Waals surface area contributed by atoms with Crippen LogP contribution >= 0.6 is 22.9 Å². The van der Waals surface area contributed by atoms with E-state index >= 15 is 0 Å². The number of alkyl halides is 1. The summed E-state index contributed by atoms with van der Waals surface area (Å²) in [7, 11) is 0. The van der Waals surface area contributed by atoms with Gasteiger partial charge in [0.25, 0.3) is 5.91 Å². The van der Waals surface area contributed by atoms with Crippen LogP contribution in [0.5, 0.6) is 0 Å². The number of carbonyl (C=O) groups excluding carboxylic acids is 1. The van der Waals surface area contributed by atoms with Gasteiger partial charge in [-0.05, 0) is 6.42 Å². The Kier molecular flexibility index (Phi) is 4.90. The van der Waals surface area contributed by atoms with Crippen molar-refractivity contribution in [3.8, 4) is 0 Å². The molecule has 1 rings (SSSR count). The summed E-state index contributed by atoms with van der Waals surface area (Å²) in [5.74, 6) is -0.145. The molecule has 0 saturated carbocycles. The largest absolute Gasteiger partial charge is 0.349 e. The zero-order valence-electron chi connectivity index (χ0n) is 8.00. The smallest absolute Gasteiger partial charge is 0.270 e. The van der Waals surface area contributed by atoms with Gasteiger partial charge in [-0.15, -0.1) is 22.9 Å². The fraction of sp³-hybridized carbons (Fsp3) is 0.556. The van der Waals surface area contributed by atoms with Crippen LogP contribution in [0.2, 0.25) is 0 Å². The van der Waals surface area contributed by atoms with Gasteiger partial charge in [0.05, 0.1) is 10.9 Å². The highest BCUT2D eigenvalue weighted by molar-refractivity contribution is 7.07. The van der Waals surface area contributed by atoms with Crippen LogP contribution < -0.4 is 5.32 Å². The number of hydrogen-bond donors (Lipinski definition) is 1. The molecule has 1 aromatic rings. The Hall–Kier alpha value is -0.610. The number of carbonyl (C=O) groups is 1. The number of rotatable bonds is 5. The lowest BCUT2D eigenvalue weighted by Gasteiger charge is -2.08. The number of hydrogen-bond acceptors (Lipinski definition) is 3. The van der Waals surface area contributed by atoms with Crippen molar-refractivity contribution in [2.75, 3.05) is 6.54 Å². The maximum atomic E-state index is 11.4. The fourth-order valence-electron chi connectivity index (χ4n) is 1.03. The van der Waals surface area contributed by atoms with E-state index < -0.39 is 0 Å². The molecule has 0 bridgehead atoms. The molecule has 0 radical (unpaired) electrons. The van der Waals surface area contributed by atoms with Gasteiger partial charge in [-0.3, -0.25) is 4.79 Å². The summed E-state index contributed by atoms with van der Waals surface area (Å²) in [4.78, 5) is 15.3.